The third-order valence-electron chi connectivity index (χ3n) is 3.16. The van der Waals surface area contributed by atoms with Gasteiger partial charge >= 0.3 is 0 Å². The van der Waals surface area contributed by atoms with Gasteiger partial charge in [-0.15, -0.1) is 0 Å². The Morgan fingerprint density at radius 2 is 1.76 bits per heavy atom. The van der Waals surface area contributed by atoms with E-state index in [1.54, 1.807) is 0 Å². The van der Waals surface area contributed by atoms with Gasteiger partial charge in [-0.25, -0.2) is 0 Å². The zero-order valence-corrected chi connectivity index (χ0v) is 11.2. The van der Waals surface area contributed by atoms with E-state index < -0.39 is 0 Å². The number of aromatic nitrogens is 2. The zero-order chi connectivity index (χ0) is 14.7. The second-order valence-corrected chi connectivity index (χ2v) is 4.57. The Kier molecular flexibility index (Phi) is 3.39. The van der Waals surface area contributed by atoms with E-state index in [0.29, 0.717) is 5.69 Å². The lowest BCUT2D eigenvalue weighted by Gasteiger charge is -2.10. The number of nitrogens with two attached hydrogens (primary N) is 1. The standard InChI is InChI=1S/C16H14N4O/c17-13-10-18-20-15(13)16(21)19-14-9-5-4-8-12(14)11-6-2-1-3-7-11/h1-10H,17H2,(H,18,20)(H,19,21). The van der Waals surface area contributed by atoms with Crippen molar-refractivity contribution in [3.05, 3.63) is 66.5 Å². The van der Waals surface area contributed by atoms with Crippen molar-refractivity contribution < 1.29 is 4.79 Å². The highest BCUT2D eigenvalue weighted by Gasteiger charge is 2.13. The molecule has 1 amide bonds. The average molecular weight is 278 g/mol. The highest BCUT2D eigenvalue weighted by Crippen LogP contribution is 2.28. The smallest absolute Gasteiger partial charge is 0.275 e. The van der Waals surface area contributed by atoms with Crippen LogP contribution in [-0.4, -0.2) is 16.1 Å². The first-order valence-electron chi connectivity index (χ1n) is 6.50. The summed E-state index contributed by atoms with van der Waals surface area (Å²) in [6, 6.07) is 17.5. The number of para-hydroxylation sites is 1. The molecule has 0 aliphatic heterocycles. The first kappa shape index (κ1) is 12.9. The normalized spacial score (nSPS) is 10.3. The molecule has 0 unspecified atom stereocenters. The van der Waals surface area contributed by atoms with Gasteiger partial charge in [0.15, 0.2) is 0 Å². The van der Waals surface area contributed by atoms with E-state index in [9.17, 15) is 4.79 Å². The molecule has 3 rings (SSSR count). The van der Waals surface area contributed by atoms with E-state index in [4.69, 9.17) is 5.73 Å². The Bertz CT molecular complexity index is 765. The maximum Gasteiger partial charge on any atom is 0.275 e. The number of aromatic amines is 1. The molecule has 21 heavy (non-hydrogen) atoms. The molecular weight excluding hydrogens is 264 g/mol. The highest BCUT2D eigenvalue weighted by atomic mass is 16.2. The Morgan fingerprint density at radius 3 is 2.48 bits per heavy atom. The average Bonchev–Trinajstić information content (AvgIpc) is 2.95. The summed E-state index contributed by atoms with van der Waals surface area (Å²) in [5.74, 6) is -0.312. The second kappa shape index (κ2) is 5.50. The van der Waals surface area contributed by atoms with Crippen LogP contribution in [0.1, 0.15) is 10.5 Å². The summed E-state index contributed by atoms with van der Waals surface area (Å²) in [5.41, 5.74) is 8.98. The van der Waals surface area contributed by atoms with Crippen molar-refractivity contribution >= 4 is 17.3 Å². The fourth-order valence-corrected chi connectivity index (χ4v) is 2.12. The van der Waals surface area contributed by atoms with Crippen LogP contribution in [0.15, 0.2) is 60.8 Å². The van der Waals surface area contributed by atoms with Crippen LogP contribution >= 0.6 is 0 Å². The van der Waals surface area contributed by atoms with E-state index >= 15 is 0 Å². The van der Waals surface area contributed by atoms with E-state index in [1.807, 2.05) is 54.6 Å². The molecule has 3 aromatic rings. The molecule has 0 saturated carbocycles. The number of rotatable bonds is 3. The molecule has 1 aromatic heterocycles. The van der Waals surface area contributed by atoms with Crippen molar-refractivity contribution in [2.75, 3.05) is 11.1 Å². The van der Waals surface area contributed by atoms with E-state index in [-0.39, 0.29) is 11.6 Å². The molecule has 0 fully saturated rings. The fraction of sp³-hybridized carbons (Fsp3) is 0. The molecule has 4 N–H and O–H groups in total. The van der Waals surface area contributed by atoms with E-state index in [1.165, 1.54) is 6.20 Å². The molecule has 5 heteroatoms. The number of H-pyrrole nitrogens is 1. The minimum atomic E-state index is -0.312. The summed E-state index contributed by atoms with van der Waals surface area (Å²) in [6.07, 6.45) is 1.41. The van der Waals surface area contributed by atoms with Gasteiger partial charge in [0.25, 0.3) is 5.91 Å². The summed E-state index contributed by atoms with van der Waals surface area (Å²) < 4.78 is 0. The molecule has 0 aliphatic carbocycles. The zero-order valence-electron chi connectivity index (χ0n) is 11.2. The second-order valence-electron chi connectivity index (χ2n) is 4.57. The van der Waals surface area contributed by atoms with Crippen molar-refractivity contribution in [1.82, 2.24) is 10.2 Å². The maximum atomic E-state index is 12.2. The van der Waals surface area contributed by atoms with Crippen LogP contribution in [0.2, 0.25) is 0 Å². The number of nitrogens with one attached hydrogen (secondary N) is 2. The molecule has 104 valence electrons. The van der Waals surface area contributed by atoms with Crippen LogP contribution in [0.4, 0.5) is 11.4 Å². The molecule has 0 radical (unpaired) electrons. The minimum absolute atomic E-state index is 0.262. The van der Waals surface area contributed by atoms with Gasteiger partial charge in [-0.05, 0) is 11.6 Å². The Balaban J connectivity index is 1.94. The number of anilines is 2. The van der Waals surface area contributed by atoms with Gasteiger partial charge in [-0.3, -0.25) is 9.89 Å². The number of hydrogen-bond acceptors (Lipinski definition) is 3. The van der Waals surface area contributed by atoms with Gasteiger partial charge in [0.2, 0.25) is 0 Å². The minimum Gasteiger partial charge on any atom is -0.396 e. The highest BCUT2D eigenvalue weighted by molar-refractivity contribution is 6.07. The third-order valence-corrected chi connectivity index (χ3v) is 3.16. The van der Waals surface area contributed by atoms with Gasteiger partial charge in [0.1, 0.15) is 5.69 Å². The lowest BCUT2D eigenvalue weighted by atomic mass is 10.0. The van der Waals surface area contributed by atoms with Gasteiger partial charge < -0.3 is 11.1 Å². The number of nitrogens with zero attached hydrogens (tertiary/aromatic N) is 1. The van der Waals surface area contributed by atoms with Crippen molar-refractivity contribution in [3.63, 3.8) is 0 Å². The predicted octanol–water partition coefficient (Wildman–Crippen LogP) is 2.91. The summed E-state index contributed by atoms with van der Waals surface area (Å²) in [7, 11) is 0. The predicted molar refractivity (Wildman–Crippen MR) is 82.8 cm³/mol. The third kappa shape index (κ3) is 2.62. The van der Waals surface area contributed by atoms with Crippen LogP contribution in [-0.2, 0) is 0 Å². The van der Waals surface area contributed by atoms with Crippen LogP contribution in [0, 0.1) is 0 Å². The quantitative estimate of drug-likeness (QED) is 0.688. The van der Waals surface area contributed by atoms with Crippen molar-refractivity contribution in [2.45, 2.75) is 0 Å². The number of amides is 1. The molecule has 1 heterocycles. The van der Waals surface area contributed by atoms with Gasteiger partial charge in [0.05, 0.1) is 11.9 Å². The molecular formula is C16H14N4O. The van der Waals surface area contributed by atoms with Crippen molar-refractivity contribution in [1.29, 1.82) is 0 Å². The first-order valence-corrected chi connectivity index (χ1v) is 6.50. The van der Waals surface area contributed by atoms with Crippen LogP contribution in [0.25, 0.3) is 11.1 Å². The topological polar surface area (TPSA) is 83.8 Å². The number of carbonyl (C=O) groups excluding carboxylic acids is 1. The SMILES string of the molecule is Nc1cn[nH]c1C(=O)Nc1ccccc1-c1ccccc1. The van der Waals surface area contributed by atoms with Crippen molar-refractivity contribution in [3.8, 4) is 11.1 Å². The van der Waals surface area contributed by atoms with Gasteiger partial charge in [0, 0.05) is 11.3 Å². The van der Waals surface area contributed by atoms with Gasteiger partial charge in [-0.2, -0.15) is 5.10 Å². The fourth-order valence-electron chi connectivity index (χ4n) is 2.12. The Labute approximate surface area is 121 Å². The summed E-state index contributed by atoms with van der Waals surface area (Å²) in [5, 5.41) is 9.21. The van der Waals surface area contributed by atoms with Crippen LogP contribution < -0.4 is 11.1 Å². The molecule has 0 aliphatic rings. The summed E-state index contributed by atoms with van der Waals surface area (Å²) in [6.45, 7) is 0. The molecule has 0 atom stereocenters. The summed E-state index contributed by atoms with van der Waals surface area (Å²) >= 11 is 0. The number of nitrogen functional groups attached to an aromatic ring is 1. The van der Waals surface area contributed by atoms with E-state index in [2.05, 4.69) is 15.5 Å². The number of carbonyl (C=O) groups is 1. The number of benzene rings is 2. The largest absolute Gasteiger partial charge is 0.396 e. The lowest BCUT2D eigenvalue weighted by molar-refractivity contribution is 0.102. The molecule has 5 nitrogen and oxygen atoms in total. The van der Waals surface area contributed by atoms with Crippen LogP contribution in [0.3, 0.4) is 0 Å². The Hall–Kier alpha value is -3.08. The maximum absolute atomic E-state index is 12.2. The molecule has 2 aromatic carbocycles. The number of hydrogen-bond donors (Lipinski definition) is 3. The lowest BCUT2D eigenvalue weighted by Crippen LogP contribution is -2.14. The molecule has 0 saturated heterocycles. The van der Waals surface area contributed by atoms with E-state index in [0.717, 1.165) is 16.8 Å². The molecule has 0 spiro atoms. The Morgan fingerprint density at radius 1 is 1.05 bits per heavy atom. The van der Waals surface area contributed by atoms with Crippen molar-refractivity contribution in [2.24, 2.45) is 0 Å². The van der Waals surface area contributed by atoms with Crippen LogP contribution in [0.5, 0.6) is 0 Å². The first-order chi connectivity index (χ1) is 10.3. The summed E-state index contributed by atoms with van der Waals surface area (Å²) in [4.78, 5) is 12.2. The van der Waals surface area contributed by atoms with Gasteiger partial charge in [-0.1, -0.05) is 48.5 Å². The monoisotopic (exact) mass is 278 g/mol. The molecule has 0 bridgehead atoms.